The van der Waals surface area contributed by atoms with Gasteiger partial charge >= 0.3 is 0 Å². The van der Waals surface area contributed by atoms with Crippen LogP contribution in [-0.4, -0.2) is 35.2 Å². The lowest BCUT2D eigenvalue weighted by atomic mass is 9.98. The average Bonchev–Trinajstić information content (AvgIpc) is 3.11. The van der Waals surface area contributed by atoms with Crippen LogP contribution in [0, 0.1) is 0 Å². The fourth-order valence-corrected chi connectivity index (χ4v) is 4.82. The number of piperidine rings is 1. The Balaban J connectivity index is 1.27. The van der Waals surface area contributed by atoms with Crippen molar-refractivity contribution in [3.63, 3.8) is 0 Å². The number of carbonyl (C=O) groups is 3. The van der Waals surface area contributed by atoms with E-state index in [4.69, 9.17) is 0 Å². The van der Waals surface area contributed by atoms with Crippen molar-refractivity contribution in [2.45, 2.75) is 51.5 Å². The second-order valence-corrected chi connectivity index (χ2v) is 8.48. The van der Waals surface area contributed by atoms with Crippen molar-refractivity contribution in [1.29, 1.82) is 0 Å². The van der Waals surface area contributed by atoms with Crippen LogP contribution in [0.2, 0.25) is 0 Å². The summed E-state index contributed by atoms with van der Waals surface area (Å²) in [7, 11) is 0. The summed E-state index contributed by atoms with van der Waals surface area (Å²) >= 11 is 0. The zero-order chi connectivity index (χ0) is 21.4. The molecule has 0 spiro atoms. The number of fused-ring (bicyclic) bond motifs is 2. The molecule has 5 rings (SSSR count). The van der Waals surface area contributed by atoms with Gasteiger partial charge in [0, 0.05) is 38.2 Å². The largest absolute Gasteiger partial charge is 0.322 e. The van der Waals surface area contributed by atoms with Crippen molar-refractivity contribution in [3.05, 3.63) is 69.8 Å². The van der Waals surface area contributed by atoms with Crippen molar-refractivity contribution in [1.82, 2.24) is 20.9 Å². The topological polar surface area (TPSA) is 90.5 Å². The van der Waals surface area contributed by atoms with Crippen molar-refractivity contribution < 1.29 is 14.4 Å². The van der Waals surface area contributed by atoms with Crippen LogP contribution in [0.3, 0.4) is 0 Å². The summed E-state index contributed by atoms with van der Waals surface area (Å²) in [5, 5.41) is 9.22. The molecule has 1 saturated heterocycles. The van der Waals surface area contributed by atoms with E-state index in [1.165, 1.54) is 16.7 Å². The van der Waals surface area contributed by atoms with E-state index in [1.807, 2.05) is 18.2 Å². The Labute approximate surface area is 181 Å². The Morgan fingerprint density at radius 1 is 1.00 bits per heavy atom. The van der Waals surface area contributed by atoms with E-state index in [0.717, 1.165) is 37.2 Å². The van der Waals surface area contributed by atoms with Crippen LogP contribution in [0.5, 0.6) is 0 Å². The van der Waals surface area contributed by atoms with E-state index in [-0.39, 0.29) is 24.1 Å². The van der Waals surface area contributed by atoms with E-state index in [9.17, 15) is 14.4 Å². The van der Waals surface area contributed by atoms with Crippen LogP contribution >= 0.6 is 0 Å². The molecule has 31 heavy (non-hydrogen) atoms. The highest BCUT2D eigenvalue weighted by Crippen LogP contribution is 2.30. The maximum absolute atomic E-state index is 13.2. The minimum atomic E-state index is -0.580. The smallest absolute Gasteiger partial charge is 0.255 e. The molecule has 2 aromatic carbocycles. The van der Waals surface area contributed by atoms with Gasteiger partial charge in [0.25, 0.3) is 5.91 Å². The van der Waals surface area contributed by atoms with Gasteiger partial charge in [-0.25, -0.2) is 0 Å². The average molecular weight is 418 g/mol. The first kappa shape index (κ1) is 19.9. The van der Waals surface area contributed by atoms with Crippen LogP contribution in [-0.2, 0) is 42.2 Å². The second-order valence-electron chi connectivity index (χ2n) is 8.48. The molecule has 0 bridgehead atoms. The molecule has 3 heterocycles. The summed E-state index contributed by atoms with van der Waals surface area (Å²) in [5.41, 5.74) is 6.60. The second kappa shape index (κ2) is 8.24. The molecule has 3 aliphatic rings. The Hall–Kier alpha value is -3.03. The number of benzene rings is 2. The maximum Gasteiger partial charge on any atom is 0.255 e. The number of rotatable bonds is 5. The summed E-state index contributed by atoms with van der Waals surface area (Å²) in [5.74, 6) is -0.767. The minimum absolute atomic E-state index is 0.122. The molecule has 1 fully saturated rings. The molecule has 0 aliphatic carbocycles. The van der Waals surface area contributed by atoms with Gasteiger partial charge < -0.3 is 15.5 Å². The van der Waals surface area contributed by atoms with Gasteiger partial charge in [-0.1, -0.05) is 36.4 Å². The Kier molecular flexibility index (Phi) is 5.29. The summed E-state index contributed by atoms with van der Waals surface area (Å²) in [6.07, 6.45) is 1.70. The molecule has 1 atom stereocenters. The van der Waals surface area contributed by atoms with Gasteiger partial charge in [-0.3, -0.25) is 19.7 Å². The minimum Gasteiger partial charge on any atom is -0.322 e. The highest BCUT2D eigenvalue weighted by atomic mass is 16.2. The normalized spacial score (nSPS) is 20.5. The Morgan fingerprint density at radius 3 is 2.77 bits per heavy atom. The molecule has 0 aromatic heterocycles. The molecular formula is C24H26N4O3. The predicted molar refractivity (Wildman–Crippen MR) is 115 cm³/mol. The van der Waals surface area contributed by atoms with E-state index < -0.39 is 6.04 Å². The third kappa shape index (κ3) is 3.86. The zero-order valence-electron chi connectivity index (χ0n) is 17.4. The highest BCUT2D eigenvalue weighted by molar-refractivity contribution is 6.05. The monoisotopic (exact) mass is 418 g/mol. The number of hydrogen-bond acceptors (Lipinski definition) is 5. The van der Waals surface area contributed by atoms with Gasteiger partial charge in [-0.15, -0.1) is 0 Å². The summed E-state index contributed by atoms with van der Waals surface area (Å²) in [6.45, 7) is 3.68. The van der Waals surface area contributed by atoms with Gasteiger partial charge in [-0.05, 0) is 47.2 Å². The third-order valence-electron chi connectivity index (χ3n) is 6.44. The van der Waals surface area contributed by atoms with Gasteiger partial charge in [0.2, 0.25) is 11.8 Å². The summed E-state index contributed by atoms with van der Waals surface area (Å²) in [6, 6.07) is 11.9. The molecule has 3 aliphatic heterocycles. The number of imide groups is 1. The van der Waals surface area contributed by atoms with E-state index >= 15 is 0 Å². The molecule has 7 nitrogen and oxygen atoms in total. The molecule has 0 radical (unpaired) electrons. The van der Waals surface area contributed by atoms with Crippen molar-refractivity contribution >= 4 is 17.7 Å². The Morgan fingerprint density at radius 2 is 1.90 bits per heavy atom. The molecule has 3 N–H and O–H groups in total. The molecule has 7 heteroatoms. The zero-order valence-corrected chi connectivity index (χ0v) is 17.4. The summed E-state index contributed by atoms with van der Waals surface area (Å²) < 4.78 is 0. The molecule has 1 unspecified atom stereocenters. The summed E-state index contributed by atoms with van der Waals surface area (Å²) in [4.78, 5) is 38.5. The van der Waals surface area contributed by atoms with Crippen LogP contribution in [0.15, 0.2) is 36.4 Å². The molecule has 3 amide bonds. The first-order valence-electron chi connectivity index (χ1n) is 10.9. The fraction of sp³-hybridized carbons (Fsp3) is 0.375. The van der Waals surface area contributed by atoms with Crippen LogP contribution < -0.4 is 16.0 Å². The van der Waals surface area contributed by atoms with Crippen LogP contribution in [0.25, 0.3) is 0 Å². The number of hydrogen-bond donors (Lipinski definition) is 3. The Bertz CT molecular complexity index is 1060. The van der Waals surface area contributed by atoms with Crippen molar-refractivity contribution in [2.24, 2.45) is 0 Å². The van der Waals surface area contributed by atoms with E-state index in [2.05, 4.69) is 34.1 Å². The van der Waals surface area contributed by atoms with Crippen LogP contribution in [0.4, 0.5) is 0 Å². The number of nitrogens with one attached hydrogen (secondary N) is 3. The van der Waals surface area contributed by atoms with Gasteiger partial charge in [0.1, 0.15) is 6.04 Å². The maximum atomic E-state index is 13.2. The number of carbonyl (C=O) groups excluding carboxylic acids is 3. The van der Waals surface area contributed by atoms with Crippen LogP contribution in [0.1, 0.15) is 51.0 Å². The molecular weight excluding hydrogens is 392 g/mol. The molecule has 2 aromatic rings. The lowest BCUT2D eigenvalue weighted by molar-refractivity contribution is -0.136. The number of nitrogens with zero attached hydrogens (tertiary/aromatic N) is 1. The lowest BCUT2D eigenvalue weighted by Crippen LogP contribution is -2.52. The standard InChI is InChI=1S/C24H26N4O3/c29-21-7-6-20(23(30)27-21)28-14-19-3-1-2-18(22(19)24(28)31)13-26-11-15-4-5-17-12-25-9-8-16(17)10-15/h1-5,10,20,25-26H,6-9,11-14H2,(H,27,29,30). The van der Waals surface area contributed by atoms with Gasteiger partial charge in [-0.2, -0.15) is 0 Å². The van der Waals surface area contributed by atoms with Crippen molar-refractivity contribution in [2.75, 3.05) is 6.54 Å². The SMILES string of the molecule is O=C1CCC(N2Cc3cccc(CNCc4ccc5c(c4)CCNC5)c3C2=O)C(=O)N1. The van der Waals surface area contributed by atoms with Gasteiger partial charge in [0.15, 0.2) is 0 Å². The highest BCUT2D eigenvalue weighted by Gasteiger charge is 2.39. The molecule has 160 valence electrons. The predicted octanol–water partition coefficient (Wildman–Crippen LogP) is 1.38. The van der Waals surface area contributed by atoms with E-state index in [0.29, 0.717) is 25.1 Å². The van der Waals surface area contributed by atoms with E-state index in [1.54, 1.807) is 4.90 Å². The fourth-order valence-electron chi connectivity index (χ4n) is 4.82. The first-order chi connectivity index (χ1) is 15.1. The number of amides is 3. The van der Waals surface area contributed by atoms with Crippen molar-refractivity contribution in [3.8, 4) is 0 Å². The molecule has 0 saturated carbocycles. The quantitative estimate of drug-likeness (QED) is 0.639. The lowest BCUT2D eigenvalue weighted by Gasteiger charge is -2.29. The third-order valence-corrected chi connectivity index (χ3v) is 6.44. The first-order valence-corrected chi connectivity index (χ1v) is 10.9. The van der Waals surface area contributed by atoms with Gasteiger partial charge in [0.05, 0.1) is 0 Å².